The Balaban J connectivity index is 1.94. The molecule has 4 aromatic rings. The van der Waals surface area contributed by atoms with Crippen LogP contribution in [0.25, 0.3) is 33.2 Å². The van der Waals surface area contributed by atoms with Crippen molar-refractivity contribution in [2.24, 2.45) is 0 Å². The van der Waals surface area contributed by atoms with Gasteiger partial charge in [0.25, 0.3) is 0 Å². The van der Waals surface area contributed by atoms with Crippen molar-refractivity contribution in [2.45, 2.75) is 0 Å². The van der Waals surface area contributed by atoms with Gasteiger partial charge >= 0.3 is 11.6 Å². The second kappa shape index (κ2) is 8.13. The van der Waals surface area contributed by atoms with Crippen LogP contribution in [0.4, 0.5) is 0 Å². The van der Waals surface area contributed by atoms with Crippen molar-refractivity contribution >= 4 is 16.9 Å². The van der Waals surface area contributed by atoms with Gasteiger partial charge in [-0.2, -0.15) is 0 Å². The van der Waals surface area contributed by atoms with Gasteiger partial charge in [0.05, 0.1) is 12.7 Å². The van der Waals surface area contributed by atoms with Crippen molar-refractivity contribution in [3.63, 3.8) is 0 Å². The maximum Gasteiger partial charge on any atom is 0.344 e. The molecular formula is C24H18O6. The number of rotatable bonds is 6. The Labute approximate surface area is 171 Å². The summed E-state index contributed by atoms with van der Waals surface area (Å²) in [6.45, 7) is -0.424. The van der Waals surface area contributed by atoms with Crippen molar-refractivity contribution < 1.29 is 23.8 Å². The van der Waals surface area contributed by atoms with E-state index in [4.69, 9.17) is 19.0 Å². The van der Waals surface area contributed by atoms with Gasteiger partial charge < -0.3 is 19.0 Å². The zero-order valence-corrected chi connectivity index (χ0v) is 16.1. The molecule has 1 N–H and O–H groups in total. The number of methoxy groups -OCH3 is 1. The molecule has 1 aromatic heterocycles. The molecule has 30 heavy (non-hydrogen) atoms. The number of fused-ring (bicyclic) bond motifs is 1. The monoisotopic (exact) mass is 402 g/mol. The minimum atomic E-state index is -1.05. The molecule has 0 saturated heterocycles. The second-order valence-corrected chi connectivity index (χ2v) is 6.57. The van der Waals surface area contributed by atoms with Crippen LogP contribution in [0.3, 0.4) is 0 Å². The number of carboxylic acids is 1. The highest BCUT2D eigenvalue weighted by molar-refractivity contribution is 6.01. The molecule has 3 aromatic carbocycles. The third-order valence-electron chi connectivity index (χ3n) is 4.68. The summed E-state index contributed by atoms with van der Waals surface area (Å²) in [6.07, 6.45) is 0. The number of hydrogen-bond acceptors (Lipinski definition) is 5. The topological polar surface area (TPSA) is 86.0 Å². The number of benzene rings is 3. The summed E-state index contributed by atoms with van der Waals surface area (Å²) in [6, 6.07) is 21.6. The maximum absolute atomic E-state index is 13.0. The number of carbonyl (C=O) groups is 1. The molecule has 0 spiro atoms. The lowest BCUT2D eigenvalue weighted by Gasteiger charge is -2.13. The fraction of sp³-hybridized carbons (Fsp3) is 0.0833. The lowest BCUT2D eigenvalue weighted by molar-refractivity contribution is -0.139. The van der Waals surface area contributed by atoms with E-state index in [0.717, 1.165) is 22.1 Å². The summed E-state index contributed by atoms with van der Waals surface area (Å²) < 4.78 is 16.1. The summed E-state index contributed by atoms with van der Waals surface area (Å²) in [7, 11) is 1.55. The molecule has 150 valence electrons. The highest BCUT2D eigenvalue weighted by Crippen LogP contribution is 2.37. The van der Waals surface area contributed by atoms with Crippen LogP contribution in [-0.4, -0.2) is 24.8 Å². The normalized spacial score (nSPS) is 10.7. The van der Waals surface area contributed by atoms with E-state index < -0.39 is 18.2 Å². The Morgan fingerprint density at radius 1 is 0.900 bits per heavy atom. The zero-order chi connectivity index (χ0) is 21.1. The van der Waals surface area contributed by atoms with E-state index in [1.54, 1.807) is 37.4 Å². The number of ether oxygens (including phenoxy) is 2. The third-order valence-corrected chi connectivity index (χ3v) is 4.68. The summed E-state index contributed by atoms with van der Waals surface area (Å²) >= 11 is 0. The van der Waals surface area contributed by atoms with Crippen LogP contribution in [0.1, 0.15) is 0 Å². The highest BCUT2D eigenvalue weighted by Gasteiger charge is 2.18. The van der Waals surface area contributed by atoms with Crippen LogP contribution in [0.15, 0.2) is 82.0 Å². The van der Waals surface area contributed by atoms with Crippen LogP contribution in [-0.2, 0) is 4.79 Å². The van der Waals surface area contributed by atoms with Crippen LogP contribution in [0, 0.1) is 0 Å². The average molecular weight is 402 g/mol. The van der Waals surface area contributed by atoms with Gasteiger partial charge in [-0.25, -0.2) is 9.59 Å². The first kappa shape index (κ1) is 19.3. The molecule has 0 bridgehead atoms. The van der Waals surface area contributed by atoms with Crippen molar-refractivity contribution in [3.8, 4) is 33.8 Å². The van der Waals surface area contributed by atoms with Crippen molar-refractivity contribution in [2.75, 3.05) is 13.7 Å². The molecule has 6 nitrogen and oxygen atoms in total. The maximum atomic E-state index is 13.0. The lowest BCUT2D eigenvalue weighted by atomic mass is 9.93. The molecule has 0 unspecified atom stereocenters. The Bertz CT molecular complexity index is 1260. The van der Waals surface area contributed by atoms with Gasteiger partial charge in [0.1, 0.15) is 17.1 Å². The average Bonchev–Trinajstić information content (AvgIpc) is 2.77. The summed E-state index contributed by atoms with van der Waals surface area (Å²) in [5.74, 6) is -0.0381. The highest BCUT2D eigenvalue weighted by atomic mass is 16.5. The Hall–Kier alpha value is -4.06. The van der Waals surface area contributed by atoms with Crippen LogP contribution in [0.5, 0.6) is 11.5 Å². The molecule has 0 atom stereocenters. The van der Waals surface area contributed by atoms with Gasteiger partial charge in [0, 0.05) is 17.0 Å². The Morgan fingerprint density at radius 3 is 2.23 bits per heavy atom. The molecular weight excluding hydrogens is 384 g/mol. The molecule has 0 amide bonds. The van der Waals surface area contributed by atoms with Gasteiger partial charge in [-0.05, 0) is 35.4 Å². The van der Waals surface area contributed by atoms with E-state index in [2.05, 4.69) is 0 Å². The van der Waals surface area contributed by atoms with Crippen molar-refractivity contribution in [1.82, 2.24) is 0 Å². The van der Waals surface area contributed by atoms with Gasteiger partial charge in [0.15, 0.2) is 6.61 Å². The SMILES string of the molecule is COc1ccc2c(-c3ccc(OCC(=O)O)cc3)c(-c3ccccc3)c(=O)oc2c1. The standard InChI is InChI=1S/C24H18O6/c1-28-18-11-12-19-20(13-18)30-24(27)23(15-5-3-2-4-6-15)22(19)16-7-9-17(10-8-16)29-14-21(25)26/h2-13H,14H2,1H3,(H,25,26). The fourth-order valence-electron chi connectivity index (χ4n) is 3.34. The van der Waals surface area contributed by atoms with Gasteiger partial charge in [-0.1, -0.05) is 42.5 Å². The van der Waals surface area contributed by atoms with E-state index >= 15 is 0 Å². The minimum Gasteiger partial charge on any atom is -0.497 e. The minimum absolute atomic E-state index is 0.417. The molecule has 0 aliphatic heterocycles. The molecule has 0 aliphatic rings. The zero-order valence-electron chi connectivity index (χ0n) is 16.1. The largest absolute Gasteiger partial charge is 0.497 e. The van der Waals surface area contributed by atoms with Gasteiger partial charge in [0.2, 0.25) is 0 Å². The molecule has 6 heteroatoms. The molecule has 0 fully saturated rings. The van der Waals surface area contributed by atoms with E-state index in [9.17, 15) is 9.59 Å². The van der Waals surface area contributed by atoms with E-state index in [1.807, 2.05) is 42.5 Å². The number of hydrogen-bond donors (Lipinski definition) is 1. The summed E-state index contributed by atoms with van der Waals surface area (Å²) in [5.41, 5.74) is 2.65. The molecule has 0 aliphatic carbocycles. The molecule has 4 rings (SSSR count). The fourth-order valence-corrected chi connectivity index (χ4v) is 3.34. The third kappa shape index (κ3) is 3.75. The quantitative estimate of drug-likeness (QED) is 0.475. The van der Waals surface area contributed by atoms with Crippen molar-refractivity contribution in [1.29, 1.82) is 0 Å². The van der Waals surface area contributed by atoms with E-state index in [1.165, 1.54) is 0 Å². The Kier molecular flexibility index (Phi) is 5.22. The smallest absolute Gasteiger partial charge is 0.344 e. The van der Waals surface area contributed by atoms with Crippen LogP contribution >= 0.6 is 0 Å². The number of aliphatic carboxylic acids is 1. The predicted octanol–water partition coefficient (Wildman–Crippen LogP) is 4.60. The second-order valence-electron chi connectivity index (χ2n) is 6.57. The summed E-state index contributed by atoms with van der Waals surface area (Å²) in [4.78, 5) is 23.7. The number of carboxylic acid groups (broad SMARTS) is 1. The molecule has 0 radical (unpaired) electrons. The van der Waals surface area contributed by atoms with E-state index in [0.29, 0.717) is 22.6 Å². The summed E-state index contributed by atoms with van der Waals surface area (Å²) in [5, 5.41) is 9.54. The van der Waals surface area contributed by atoms with E-state index in [-0.39, 0.29) is 0 Å². The van der Waals surface area contributed by atoms with Gasteiger partial charge in [-0.15, -0.1) is 0 Å². The molecule has 1 heterocycles. The van der Waals surface area contributed by atoms with Crippen LogP contribution < -0.4 is 15.1 Å². The Morgan fingerprint density at radius 2 is 1.57 bits per heavy atom. The predicted molar refractivity (Wildman–Crippen MR) is 113 cm³/mol. The first-order valence-electron chi connectivity index (χ1n) is 9.22. The lowest BCUT2D eigenvalue weighted by Crippen LogP contribution is -2.09. The molecule has 0 saturated carbocycles. The first-order chi connectivity index (χ1) is 14.6. The van der Waals surface area contributed by atoms with Crippen molar-refractivity contribution in [3.05, 3.63) is 83.2 Å². The first-order valence-corrected chi connectivity index (χ1v) is 9.22. The van der Waals surface area contributed by atoms with Gasteiger partial charge in [-0.3, -0.25) is 0 Å². The van der Waals surface area contributed by atoms with Crippen LogP contribution in [0.2, 0.25) is 0 Å².